The molecule has 7 nitrogen and oxygen atoms in total. The van der Waals surface area contributed by atoms with E-state index in [1.165, 1.54) is 4.68 Å². The number of carbonyl (C=O) groups excluding carboxylic acids is 2. The first-order valence-corrected chi connectivity index (χ1v) is 9.49. The molecule has 0 atom stereocenters. The van der Waals surface area contributed by atoms with E-state index in [1.807, 2.05) is 13.8 Å². The minimum atomic E-state index is -0.428. The molecule has 2 aromatic carbocycles. The molecule has 3 aromatic rings. The number of hydrogen-bond donors (Lipinski definition) is 1. The Bertz CT molecular complexity index is 1100. The molecule has 1 heterocycles. The van der Waals surface area contributed by atoms with Crippen molar-refractivity contribution in [2.75, 3.05) is 11.9 Å². The van der Waals surface area contributed by atoms with Gasteiger partial charge in [0.25, 0.3) is 11.5 Å². The fraction of sp³-hybridized carbons (Fsp3) is 0.273. The van der Waals surface area contributed by atoms with Gasteiger partial charge >= 0.3 is 5.97 Å². The Morgan fingerprint density at radius 3 is 2.34 bits per heavy atom. The maximum Gasteiger partial charge on any atom is 0.338 e. The monoisotopic (exact) mass is 393 g/mol. The van der Waals surface area contributed by atoms with Gasteiger partial charge in [-0.1, -0.05) is 32.0 Å². The molecule has 3 rings (SSSR count). The molecule has 1 amide bonds. The van der Waals surface area contributed by atoms with Crippen LogP contribution in [0.1, 0.15) is 41.6 Å². The van der Waals surface area contributed by atoms with Gasteiger partial charge in [-0.05, 0) is 43.2 Å². The van der Waals surface area contributed by atoms with E-state index in [0.717, 1.165) is 0 Å². The van der Waals surface area contributed by atoms with Crippen LogP contribution in [0.25, 0.3) is 10.8 Å². The predicted molar refractivity (Wildman–Crippen MR) is 111 cm³/mol. The Hall–Kier alpha value is -3.48. The van der Waals surface area contributed by atoms with Crippen LogP contribution in [0.3, 0.4) is 0 Å². The van der Waals surface area contributed by atoms with E-state index < -0.39 is 11.9 Å². The lowest BCUT2D eigenvalue weighted by molar-refractivity contribution is 0.0526. The molecule has 1 N–H and O–H groups in total. The SMILES string of the molecule is CCOC(=O)c1ccc(NC(=O)c2nn(CC(C)C)c(=O)c3ccccc23)cc1. The van der Waals surface area contributed by atoms with Crippen molar-refractivity contribution in [1.29, 1.82) is 0 Å². The lowest BCUT2D eigenvalue weighted by Crippen LogP contribution is -2.29. The molecule has 29 heavy (non-hydrogen) atoms. The van der Waals surface area contributed by atoms with E-state index in [0.29, 0.717) is 35.2 Å². The van der Waals surface area contributed by atoms with Crippen LogP contribution in [0.4, 0.5) is 5.69 Å². The lowest BCUT2D eigenvalue weighted by Gasteiger charge is -2.13. The Balaban J connectivity index is 1.93. The quantitative estimate of drug-likeness (QED) is 0.648. The van der Waals surface area contributed by atoms with E-state index >= 15 is 0 Å². The summed E-state index contributed by atoms with van der Waals surface area (Å²) < 4.78 is 6.29. The van der Waals surface area contributed by atoms with Gasteiger partial charge in [-0.25, -0.2) is 9.48 Å². The summed E-state index contributed by atoms with van der Waals surface area (Å²) in [4.78, 5) is 37.3. The zero-order chi connectivity index (χ0) is 21.0. The van der Waals surface area contributed by atoms with Crippen molar-refractivity contribution >= 4 is 28.3 Å². The Morgan fingerprint density at radius 1 is 1.07 bits per heavy atom. The van der Waals surface area contributed by atoms with Gasteiger partial charge in [0.2, 0.25) is 0 Å². The van der Waals surface area contributed by atoms with E-state index in [9.17, 15) is 14.4 Å². The van der Waals surface area contributed by atoms with Crippen molar-refractivity contribution in [3.63, 3.8) is 0 Å². The second kappa shape index (κ2) is 8.68. The minimum Gasteiger partial charge on any atom is -0.462 e. The van der Waals surface area contributed by atoms with Crippen LogP contribution in [0.15, 0.2) is 53.3 Å². The van der Waals surface area contributed by atoms with Gasteiger partial charge in [0, 0.05) is 17.6 Å². The number of hydrogen-bond acceptors (Lipinski definition) is 5. The third-order valence-electron chi connectivity index (χ3n) is 4.27. The van der Waals surface area contributed by atoms with Gasteiger partial charge in [0.05, 0.1) is 17.6 Å². The molecule has 0 saturated carbocycles. The first-order valence-electron chi connectivity index (χ1n) is 9.49. The fourth-order valence-electron chi connectivity index (χ4n) is 2.97. The van der Waals surface area contributed by atoms with Crippen molar-refractivity contribution in [3.05, 3.63) is 70.1 Å². The third kappa shape index (κ3) is 4.51. The smallest absolute Gasteiger partial charge is 0.338 e. The van der Waals surface area contributed by atoms with Crippen LogP contribution in [-0.4, -0.2) is 28.3 Å². The maximum atomic E-state index is 12.9. The number of fused-ring (bicyclic) bond motifs is 1. The molecule has 0 saturated heterocycles. The van der Waals surface area contributed by atoms with Gasteiger partial charge in [0.1, 0.15) is 0 Å². The summed E-state index contributed by atoms with van der Waals surface area (Å²) in [5.74, 6) is -0.644. The zero-order valence-corrected chi connectivity index (χ0v) is 16.6. The number of amides is 1. The average molecular weight is 393 g/mol. The molecule has 0 aliphatic rings. The van der Waals surface area contributed by atoms with Crippen LogP contribution < -0.4 is 10.9 Å². The van der Waals surface area contributed by atoms with Gasteiger partial charge in [-0.3, -0.25) is 9.59 Å². The molecule has 0 aliphatic carbocycles. The molecule has 0 unspecified atom stereocenters. The molecule has 150 valence electrons. The highest BCUT2D eigenvalue weighted by molar-refractivity contribution is 6.11. The van der Waals surface area contributed by atoms with Crippen LogP contribution in [0.2, 0.25) is 0 Å². The maximum absolute atomic E-state index is 12.9. The van der Waals surface area contributed by atoms with E-state index in [2.05, 4.69) is 10.4 Å². The van der Waals surface area contributed by atoms with E-state index in [4.69, 9.17) is 4.74 Å². The standard InChI is InChI=1S/C22H23N3O4/c1-4-29-22(28)15-9-11-16(12-10-15)23-20(26)19-17-7-5-6-8-18(17)21(27)25(24-19)13-14(2)3/h5-12,14H,4,13H2,1-3H3,(H,23,26). The molecular formula is C22H23N3O4. The lowest BCUT2D eigenvalue weighted by atomic mass is 10.1. The van der Waals surface area contributed by atoms with E-state index in [1.54, 1.807) is 55.5 Å². The predicted octanol–water partition coefficient (Wildman–Crippen LogP) is 3.48. The molecule has 0 radical (unpaired) electrons. The number of anilines is 1. The number of ether oxygens (including phenoxy) is 1. The number of benzene rings is 2. The summed E-state index contributed by atoms with van der Waals surface area (Å²) in [6.45, 7) is 6.41. The Labute approximate surface area is 168 Å². The highest BCUT2D eigenvalue weighted by atomic mass is 16.5. The first-order chi connectivity index (χ1) is 13.9. The normalized spacial score (nSPS) is 10.9. The summed E-state index contributed by atoms with van der Waals surface area (Å²) in [5.41, 5.74) is 0.870. The number of rotatable bonds is 6. The molecule has 7 heteroatoms. The average Bonchev–Trinajstić information content (AvgIpc) is 2.70. The van der Waals surface area contributed by atoms with Crippen LogP contribution in [0, 0.1) is 5.92 Å². The number of nitrogens with zero attached hydrogens (tertiary/aromatic N) is 2. The van der Waals surface area contributed by atoms with Crippen LogP contribution in [0.5, 0.6) is 0 Å². The van der Waals surface area contributed by atoms with Crippen molar-refractivity contribution in [2.24, 2.45) is 5.92 Å². The van der Waals surface area contributed by atoms with Crippen molar-refractivity contribution in [1.82, 2.24) is 9.78 Å². The molecule has 0 bridgehead atoms. The highest BCUT2D eigenvalue weighted by Gasteiger charge is 2.17. The topological polar surface area (TPSA) is 90.3 Å². The molecular weight excluding hydrogens is 370 g/mol. The molecule has 1 aromatic heterocycles. The molecule has 0 spiro atoms. The summed E-state index contributed by atoms with van der Waals surface area (Å²) >= 11 is 0. The molecule has 0 aliphatic heterocycles. The summed E-state index contributed by atoms with van der Waals surface area (Å²) in [6.07, 6.45) is 0. The highest BCUT2D eigenvalue weighted by Crippen LogP contribution is 2.17. The Morgan fingerprint density at radius 2 is 1.72 bits per heavy atom. The number of aromatic nitrogens is 2. The first kappa shape index (κ1) is 20.3. The number of nitrogens with one attached hydrogen (secondary N) is 1. The van der Waals surface area contributed by atoms with Gasteiger partial charge in [-0.15, -0.1) is 0 Å². The van der Waals surface area contributed by atoms with Crippen molar-refractivity contribution in [3.8, 4) is 0 Å². The Kier molecular flexibility index (Phi) is 6.07. The van der Waals surface area contributed by atoms with Crippen LogP contribution in [-0.2, 0) is 11.3 Å². The van der Waals surface area contributed by atoms with Crippen molar-refractivity contribution in [2.45, 2.75) is 27.3 Å². The van der Waals surface area contributed by atoms with E-state index in [-0.39, 0.29) is 17.2 Å². The van der Waals surface area contributed by atoms with Crippen LogP contribution >= 0.6 is 0 Å². The number of esters is 1. The third-order valence-corrected chi connectivity index (χ3v) is 4.27. The summed E-state index contributed by atoms with van der Waals surface area (Å²) in [5, 5.41) is 8.05. The second-order valence-corrected chi connectivity index (χ2v) is 7.03. The van der Waals surface area contributed by atoms with Crippen molar-refractivity contribution < 1.29 is 14.3 Å². The van der Waals surface area contributed by atoms with Gasteiger partial charge in [0.15, 0.2) is 5.69 Å². The summed E-state index contributed by atoms with van der Waals surface area (Å²) in [6, 6.07) is 13.3. The van der Waals surface area contributed by atoms with Gasteiger partial charge < -0.3 is 10.1 Å². The zero-order valence-electron chi connectivity index (χ0n) is 16.6. The minimum absolute atomic E-state index is 0.176. The number of carbonyl (C=O) groups is 2. The van der Waals surface area contributed by atoms with Gasteiger partial charge in [-0.2, -0.15) is 5.10 Å². The molecule has 0 fully saturated rings. The summed E-state index contributed by atoms with van der Waals surface area (Å²) in [7, 11) is 0. The largest absolute Gasteiger partial charge is 0.462 e. The fourth-order valence-corrected chi connectivity index (χ4v) is 2.97. The second-order valence-electron chi connectivity index (χ2n) is 7.03.